The Morgan fingerprint density at radius 2 is 1.84 bits per heavy atom. The SMILES string of the molecule is C=C1SC(=O)N(c2ccc(OC[C@H]3CCCN3CC3c4c(C)c(O)c(C)c(C)c4OC3(C)C)cc2)C1=O. The zero-order valence-electron chi connectivity index (χ0n) is 22.1. The Kier molecular flexibility index (Phi) is 6.52. The summed E-state index contributed by atoms with van der Waals surface area (Å²) < 4.78 is 12.6. The van der Waals surface area contributed by atoms with Crippen molar-refractivity contribution >= 4 is 28.6 Å². The number of ether oxygens (including phenoxy) is 2. The predicted molar refractivity (Wildman–Crippen MR) is 146 cm³/mol. The van der Waals surface area contributed by atoms with E-state index < -0.39 is 0 Å². The summed E-state index contributed by atoms with van der Waals surface area (Å²) in [6.45, 7) is 16.2. The molecule has 2 aromatic rings. The van der Waals surface area contributed by atoms with E-state index in [0.717, 1.165) is 70.6 Å². The summed E-state index contributed by atoms with van der Waals surface area (Å²) in [6.07, 6.45) is 2.15. The Morgan fingerprint density at radius 3 is 2.49 bits per heavy atom. The number of carbonyl (C=O) groups is 2. The number of nitrogens with zero attached hydrogens (tertiary/aromatic N) is 2. The van der Waals surface area contributed by atoms with Crippen LogP contribution in [0.2, 0.25) is 0 Å². The molecule has 1 N–H and O–H groups in total. The third kappa shape index (κ3) is 4.40. The van der Waals surface area contributed by atoms with Gasteiger partial charge < -0.3 is 14.6 Å². The van der Waals surface area contributed by atoms with E-state index in [0.29, 0.717) is 23.8 Å². The number of hydrogen-bond acceptors (Lipinski definition) is 7. The highest BCUT2D eigenvalue weighted by Crippen LogP contribution is 2.52. The van der Waals surface area contributed by atoms with Crippen LogP contribution >= 0.6 is 11.8 Å². The molecule has 0 saturated carbocycles. The minimum Gasteiger partial charge on any atom is -0.507 e. The number of carbonyl (C=O) groups excluding carboxylic acids is 2. The van der Waals surface area contributed by atoms with Crippen molar-refractivity contribution in [2.75, 3.05) is 24.6 Å². The molecular formula is C29H34N2O5S. The first-order valence-electron chi connectivity index (χ1n) is 12.7. The number of thioether (sulfide) groups is 1. The first kappa shape index (κ1) is 25.7. The van der Waals surface area contributed by atoms with Gasteiger partial charge in [-0.1, -0.05) is 6.58 Å². The second-order valence-electron chi connectivity index (χ2n) is 10.8. The number of phenols is 1. The molecule has 5 rings (SSSR count). The van der Waals surface area contributed by atoms with Gasteiger partial charge in [-0.25, -0.2) is 4.90 Å². The number of hydrogen-bond donors (Lipinski definition) is 1. The highest BCUT2D eigenvalue weighted by atomic mass is 32.2. The average Bonchev–Trinajstić information content (AvgIpc) is 3.49. The van der Waals surface area contributed by atoms with Gasteiger partial charge >= 0.3 is 0 Å². The zero-order chi connectivity index (χ0) is 26.6. The van der Waals surface area contributed by atoms with Crippen LogP contribution in [0.15, 0.2) is 35.7 Å². The van der Waals surface area contributed by atoms with Crippen molar-refractivity contribution in [3.8, 4) is 17.2 Å². The Labute approximate surface area is 222 Å². The van der Waals surface area contributed by atoms with E-state index >= 15 is 0 Å². The lowest BCUT2D eigenvalue weighted by molar-refractivity contribution is -0.113. The number of benzene rings is 2. The molecule has 37 heavy (non-hydrogen) atoms. The second-order valence-corrected chi connectivity index (χ2v) is 11.8. The zero-order valence-corrected chi connectivity index (χ0v) is 22.9. The van der Waals surface area contributed by atoms with Crippen LogP contribution in [-0.2, 0) is 4.79 Å². The second kappa shape index (κ2) is 9.40. The van der Waals surface area contributed by atoms with Crippen LogP contribution in [0.3, 0.4) is 0 Å². The summed E-state index contributed by atoms with van der Waals surface area (Å²) in [6, 6.07) is 7.31. The monoisotopic (exact) mass is 522 g/mol. The highest BCUT2D eigenvalue weighted by Gasteiger charge is 2.46. The molecule has 2 saturated heterocycles. The fourth-order valence-corrected chi connectivity index (χ4v) is 6.41. The molecule has 0 bridgehead atoms. The quantitative estimate of drug-likeness (QED) is 0.478. The lowest BCUT2D eigenvalue weighted by Crippen LogP contribution is -2.42. The van der Waals surface area contributed by atoms with Crippen molar-refractivity contribution in [3.63, 3.8) is 0 Å². The highest BCUT2D eigenvalue weighted by molar-refractivity contribution is 8.18. The van der Waals surface area contributed by atoms with E-state index in [1.807, 2.05) is 20.8 Å². The van der Waals surface area contributed by atoms with Crippen LogP contribution in [0.4, 0.5) is 10.5 Å². The number of aromatic hydroxyl groups is 1. The Balaban J connectivity index is 1.28. The van der Waals surface area contributed by atoms with Crippen LogP contribution in [0, 0.1) is 20.8 Å². The maximum atomic E-state index is 12.2. The first-order chi connectivity index (χ1) is 17.5. The molecule has 2 amide bonds. The minimum atomic E-state index is -0.379. The molecule has 2 aromatic carbocycles. The van der Waals surface area contributed by atoms with Gasteiger partial charge in [0.25, 0.3) is 11.1 Å². The average molecular weight is 523 g/mol. The number of imide groups is 1. The van der Waals surface area contributed by atoms with Gasteiger partial charge in [-0.05, 0) is 107 Å². The number of likely N-dealkylation sites (tertiary alicyclic amines) is 1. The largest absolute Gasteiger partial charge is 0.507 e. The van der Waals surface area contributed by atoms with E-state index in [-0.39, 0.29) is 33.6 Å². The van der Waals surface area contributed by atoms with Gasteiger partial charge in [-0.15, -0.1) is 0 Å². The Hall–Kier alpha value is -2.97. The molecule has 2 fully saturated rings. The van der Waals surface area contributed by atoms with Crippen molar-refractivity contribution in [2.45, 2.75) is 65.0 Å². The smallest absolute Gasteiger partial charge is 0.298 e. The van der Waals surface area contributed by atoms with Gasteiger partial charge in [0, 0.05) is 24.1 Å². The maximum absolute atomic E-state index is 12.2. The molecule has 3 aliphatic rings. The van der Waals surface area contributed by atoms with Crippen LogP contribution in [0.25, 0.3) is 0 Å². The summed E-state index contributed by atoms with van der Waals surface area (Å²) in [4.78, 5) is 28.2. The van der Waals surface area contributed by atoms with Crippen molar-refractivity contribution in [1.29, 1.82) is 0 Å². The van der Waals surface area contributed by atoms with Crippen molar-refractivity contribution in [3.05, 3.63) is 58.0 Å². The fourth-order valence-electron chi connectivity index (χ4n) is 5.74. The molecule has 0 radical (unpaired) electrons. The summed E-state index contributed by atoms with van der Waals surface area (Å²) in [5.41, 5.74) is 4.07. The standard InChI is InChI=1S/C29H34N2O5S/c1-16-17(2)26-24(18(3)25(16)32)23(29(5,6)36-26)14-30-13-7-8-21(30)15-35-22-11-9-20(10-12-22)31-27(33)19(4)37-28(31)34/h9-12,21,23,32H,4,7-8,13-15H2,1-3,5-6H3/t21-,23?/m1/s1. The van der Waals surface area contributed by atoms with E-state index in [1.165, 1.54) is 0 Å². The fraction of sp³-hybridized carbons (Fsp3) is 0.448. The van der Waals surface area contributed by atoms with E-state index in [4.69, 9.17) is 9.47 Å². The first-order valence-corrected chi connectivity index (χ1v) is 13.5. The van der Waals surface area contributed by atoms with Gasteiger partial charge in [0.15, 0.2) is 0 Å². The summed E-state index contributed by atoms with van der Waals surface area (Å²) in [5.74, 6) is 1.75. The van der Waals surface area contributed by atoms with Gasteiger partial charge in [-0.2, -0.15) is 0 Å². The number of amides is 2. The van der Waals surface area contributed by atoms with Gasteiger partial charge in [0.05, 0.1) is 10.6 Å². The minimum absolute atomic E-state index is 0.135. The lowest BCUT2D eigenvalue weighted by Gasteiger charge is -2.33. The van der Waals surface area contributed by atoms with E-state index in [9.17, 15) is 14.7 Å². The third-order valence-electron chi connectivity index (χ3n) is 8.10. The number of phenolic OH excluding ortho intramolecular Hbond substituents is 1. The lowest BCUT2D eigenvalue weighted by atomic mass is 9.82. The van der Waals surface area contributed by atoms with E-state index in [1.54, 1.807) is 24.3 Å². The molecule has 0 aliphatic carbocycles. The molecule has 0 aromatic heterocycles. The van der Waals surface area contributed by atoms with Gasteiger partial charge in [-0.3, -0.25) is 14.5 Å². The van der Waals surface area contributed by atoms with Gasteiger partial charge in [0.1, 0.15) is 29.5 Å². The summed E-state index contributed by atoms with van der Waals surface area (Å²) in [5, 5.41) is 10.4. The molecule has 1 unspecified atom stereocenters. The van der Waals surface area contributed by atoms with Crippen LogP contribution in [-0.4, -0.2) is 52.5 Å². The normalized spacial score (nSPS) is 23.1. The predicted octanol–water partition coefficient (Wildman–Crippen LogP) is 5.83. The Bertz CT molecular complexity index is 1290. The molecule has 7 nitrogen and oxygen atoms in total. The van der Waals surface area contributed by atoms with Crippen LogP contribution < -0.4 is 14.4 Å². The number of rotatable bonds is 6. The molecule has 8 heteroatoms. The van der Waals surface area contributed by atoms with Crippen molar-refractivity contribution < 1.29 is 24.2 Å². The summed E-state index contributed by atoms with van der Waals surface area (Å²) in [7, 11) is 0. The van der Waals surface area contributed by atoms with Crippen LogP contribution in [0.5, 0.6) is 17.2 Å². The Morgan fingerprint density at radius 1 is 1.14 bits per heavy atom. The third-order valence-corrected chi connectivity index (χ3v) is 8.88. The van der Waals surface area contributed by atoms with E-state index in [2.05, 4.69) is 25.3 Å². The molecular weight excluding hydrogens is 488 g/mol. The maximum Gasteiger partial charge on any atom is 0.298 e. The number of anilines is 1. The van der Waals surface area contributed by atoms with Crippen LogP contribution in [0.1, 0.15) is 54.9 Å². The number of fused-ring (bicyclic) bond motifs is 1. The molecule has 3 aliphatic heterocycles. The molecule has 196 valence electrons. The topological polar surface area (TPSA) is 79.3 Å². The van der Waals surface area contributed by atoms with Crippen molar-refractivity contribution in [1.82, 2.24) is 4.90 Å². The van der Waals surface area contributed by atoms with Gasteiger partial charge in [0.2, 0.25) is 0 Å². The summed E-state index contributed by atoms with van der Waals surface area (Å²) >= 11 is 0.858. The van der Waals surface area contributed by atoms with Crippen molar-refractivity contribution in [2.24, 2.45) is 0 Å². The molecule has 2 atom stereocenters. The molecule has 0 spiro atoms. The molecule has 3 heterocycles.